The van der Waals surface area contributed by atoms with Crippen LogP contribution in [-0.4, -0.2) is 26.3 Å². The summed E-state index contributed by atoms with van der Waals surface area (Å²) in [6.07, 6.45) is 0. The molecule has 1 aromatic carbocycles. The lowest BCUT2D eigenvalue weighted by Crippen LogP contribution is -2.24. The van der Waals surface area contributed by atoms with Gasteiger partial charge in [0.15, 0.2) is 11.3 Å². The lowest BCUT2D eigenvalue weighted by Gasteiger charge is -2.18. The maximum absolute atomic E-state index is 13.6. The number of aromatic nitrogens is 3. The lowest BCUT2D eigenvalue weighted by atomic mass is 10.2. The third kappa shape index (κ3) is 3.96. The highest BCUT2D eigenvalue weighted by Crippen LogP contribution is 2.22. The van der Waals surface area contributed by atoms with Gasteiger partial charge in [-0.05, 0) is 50.6 Å². The molecule has 0 saturated heterocycles. The summed E-state index contributed by atoms with van der Waals surface area (Å²) in [7, 11) is 0. The minimum absolute atomic E-state index is 0.117. The number of hydrogen-bond acceptors (Lipinski definition) is 4. The fourth-order valence-electron chi connectivity index (χ4n) is 2.38. The zero-order valence-electron chi connectivity index (χ0n) is 14.1. The van der Waals surface area contributed by atoms with Crippen LogP contribution in [0.1, 0.15) is 36.8 Å². The SMILES string of the molecule is CC(C)(C)OC(=O)c1nn(Cc2ccc(Cl)cc2)c2nc(F)ccc12. The van der Waals surface area contributed by atoms with E-state index in [1.54, 1.807) is 32.9 Å². The van der Waals surface area contributed by atoms with E-state index >= 15 is 0 Å². The number of halogens is 2. The first kappa shape index (κ1) is 17.4. The Morgan fingerprint density at radius 1 is 1.20 bits per heavy atom. The van der Waals surface area contributed by atoms with Crippen LogP contribution < -0.4 is 0 Å². The molecular weight excluding hydrogens is 345 g/mol. The number of pyridine rings is 1. The third-order valence-corrected chi connectivity index (χ3v) is 3.65. The molecule has 7 heteroatoms. The standard InChI is InChI=1S/C18H17ClFN3O2/c1-18(2,3)25-17(24)15-13-8-9-14(20)21-16(13)23(22-15)10-11-4-6-12(19)7-5-11/h4-9H,10H2,1-3H3. The quantitative estimate of drug-likeness (QED) is 0.517. The molecule has 0 aliphatic rings. The summed E-state index contributed by atoms with van der Waals surface area (Å²) in [5, 5.41) is 5.38. The maximum atomic E-state index is 13.6. The first-order valence-electron chi connectivity index (χ1n) is 7.74. The summed E-state index contributed by atoms with van der Waals surface area (Å²) >= 11 is 5.89. The van der Waals surface area contributed by atoms with E-state index < -0.39 is 17.5 Å². The molecule has 2 aromatic heterocycles. The predicted octanol–water partition coefficient (Wildman–Crippen LogP) is 4.23. The average Bonchev–Trinajstić information content (AvgIpc) is 2.86. The van der Waals surface area contributed by atoms with E-state index in [0.717, 1.165) is 5.56 Å². The number of nitrogens with zero attached hydrogens (tertiary/aromatic N) is 3. The van der Waals surface area contributed by atoms with Crippen LogP contribution in [0.25, 0.3) is 11.0 Å². The van der Waals surface area contributed by atoms with Crippen LogP contribution in [0, 0.1) is 5.95 Å². The molecule has 0 bridgehead atoms. The molecule has 0 radical (unpaired) electrons. The molecule has 3 aromatic rings. The van der Waals surface area contributed by atoms with Crippen molar-refractivity contribution in [2.75, 3.05) is 0 Å². The fraction of sp³-hybridized carbons (Fsp3) is 0.278. The van der Waals surface area contributed by atoms with Gasteiger partial charge in [0.1, 0.15) is 5.60 Å². The number of carbonyl (C=O) groups excluding carboxylic acids is 1. The normalized spacial score (nSPS) is 11.7. The van der Waals surface area contributed by atoms with E-state index in [2.05, 4.69) is 10.1 Å². The van der Waals surface area contributed by atoms with Gasteiger partial charge in [-0.15, -0.1) is 0 Å². The van der Waals surface area contributed by atoms with Crippen molar-refractivity contribution >= 4 is 28.6 Å². The number of esters is 1. The molecular formula is C18H17ClFN3O2. The molecule has 0 aliphatic heterocycles. The van der Waals surface area contributed by atoms with E-state index in [1.165, 1.54) is 16.8 Å². The van der Waals surface area contributed by atoms with Crippen LogP contribution in [-0.2, 0) is 11.3 Å². The molecule has 2 heterocycles. The molecule has 3 rings (SSSR count). The van der Waals surface area contributed by atoms with Gasteiger partial charge >= 0.3 is 5.97 Å². The number of hydrogen-bond donors (Lipinski definition) is 0. The van der Waals surface area contributed by atoms with Gasteiger partial charge in [0.25, 0.3) is 0 Å². The van der Waals surface area contributed by atoms with Crippen LogP contribution in [0.2, 0.25) is 5.02 Å². The highest BCUT2D eigenvalue weighted by Gasteiger charge is 2.24. The number of rotatable bonds is 3. The summed E-state index contributed by atoms with van der Waals surface area (Å²) < 4.78 is 20.5. The molecule has 130 valence electrons. The second kappa shape index (κ2) is 6.44. The second-order valence-corrected chi connectivity index (χ2v) is 7.08. The van der Waals surface area contributed by atoms with Gasteiger partial charge in [0.2, 0.25) is 5.95 Å². The Morgan fingerprint density at radius 3 is 2.52 bits per heavy atom. The molecule has 0 atom stereocenters. The van der Waals surface area contributed by atoms with Crippen molar-refractivity contribution in [3.8, 4) is 0 Å². The zero-order valence-corrected chi connectivity index (χ0v) is 14.8. The summed E-state index contributed by atoms with van der Waals surface area (Å²) in [5.74, 6) is -1.21. The average molecular weight is 362 g/mol. The molecule has 0 amide bonds. The van der Waals surface area contributed by atoms with Crippen LogP contribution in [0.15, 0.2) is 36.4 Å². The van der Waals surface area contributed by atoms with Crippen molar-refractivity contribution in [1.29, 1.82) is 0 Å². The van der Waals surface area contributed by atoms with Gasteiger partial charge < -0.3 is 4.74 Å². The smallest absolute Gasteiger partial charge is 0.360 e. The van der Waals surface area contributed by atoms with Gasteiger partial charge in [0, 0.05) is 5.02 Å². The molecule has 0 fully saturated rings. The van der Waals surface area contributed by atoms with Crippen molar-refractivity contribution in [3.63, 3.8) is 0 Å². The highest BCUT2D eigenvalue weighted by atomic mass is 35.5. The van der Waals surface area contributed by atoms with E-state index in [1.807, 2.05) is 12.1 Å². The first-order chi connectivity index (χ1) is 11.7. The van der Waals surface area contributed by atoms with Crippen LogP contribution >= 0.6 is 11.6 Å². The van der Waals surface area contributed by atoms with Crippen LogP contribution in [0.3, 0.4) is 0 Å². The Kier molecular flexibility index (Phi) is 4.47. The Morgan fingerprint density at radius 2 is 1.88 bits per heavy atom. The van der Waals surface area contributed by atoms with Crippen molar-refractivity contribution in [3.05, 3.63) is 58.6 Å². The van der Waals surface area contributed by atoms with Gasteiger partial charge in [-0.2, -0.15) is 14.5 Å². The Hall–Kier alpha value is -2.47. The maximum Gasteiger partial charge on any atom is 0.360 e. The van der Waals surface area contributed by atoms with E-state index in [0.29, 0.717) is 17.0 Å². The minimum Gasteiger partial charge on any atom is -0.455 e. The van der Waals surface area contributed by atoms with Gasteiger partial charge in [-0.1, -0.05) is 23.7 Å². The molecule has 5 nitrogen and oxygen atoms in total. The van der Waals surface area contributed by atoms with Crippen LogP contribution in [0.5, 0.6) is 0 Å². The summed E-state index contributed by atoms with van der Waals surface area (Å²) in [4.78, 5) is 16.3. The third-order valence-electron chi connectivity index (χ3n) is 3.40. The van der Waals surface area contributed by atoms with E-state index in [-0.39, 0.29) is 11.3 Å². The Bertz CT molecular complexity index is 930. The lowest BCUT2D eigenvalue weighted by molar-refractivity contribution is 0.00641. The monoisotopic (exact) mass is 361 g/mol. The highest BCUT2D eigenvalue weighted by molar-refractivity contribution is 6.30. The van der Waals surface area contributed by atoms with Crippen molar-refractivity contribution in [2.24, 2.45) is 0 Å². The Balaban J connectivity index is 2.04. The number of carbonyl (C=O) groups is 1. The zero-order chi connectivity index (χ0) is 18.2. The number of benzene rings is 1. The molecule has 0 saturated carbocycles. The molecule has 0 unspecified atom stereocenters. The van der Waals surface area contributed by atoms with Gasteiger partial charge in [-0.25, -0.2) is 9.48 Å². The van der Waals surface area contributed by atoms with Crippen molar-refractivity contribution in [2.45, 2.75) is 32.9 Å². The second-order valence-electron chi connectivity index (χ2n) is 6.64. The van der Waals surface area contributed by atoms with Crippen molar-refractivity contribution < 1.29 is 13.9 Å². The van der Waals surface area contributed by atoms with Gasteiger partial charge in [-0.3, -0.25) is 0 Å². The van der Waals surface area contributed by atoms with Gasteiger partial charge in [0.05, 0.1) is 11.9 Å². The molecule has 25 heavy (non-hydrogen) atoms. The summed E-state index contributed by atoms with van der Waals surface area (Å²) in [6, 6.07) is 9.87. The first-order valence-corrected chi connectivity index (χ1v) is 8.11. The molecule has 0 aliphatic carbocycles. The topological polar surface area (TPSA) is 57.0 Å². The number of fused-ring (bicyclic) bond motifs is 1. The summed E-state index contributed by atoms with van der Waals surface area (Å²) in [5.41, 5.74) is 0.648. The molecule has 0 N–H and O–H groups in total. The van der Waals surface area contributed by atoms with Crippen LogP contribution in [0.4, 0.5) is 4.39 Å². The minimum atomic E-state index is -0.656. The molecule has 0 spiro atoms. The largest absolute Gasteiger partial charge is 0.455 e. The van der Waals surface area contributed by atoms with Crippen molar-refractivity contribution in [1.82, 2.24) is 14.8 Å². The predicted molar refractivity (Wildman–Crippen MR) is 93.2 cm³/mol. The van der Waals surface area contributed by atoms with E-state index in [9.17, 15) is 9.18 Å². The Labute approximate surface area is 149 Å². The van der Waals surface area contributed by atoms with E-state index in [4.69, 9.17) is 16.3 Å². The number of ether oxygens (including phenoxy) is 1. The summed E-state index contributed by atoms with van der Waals surface area (Å²) in [6.45, 7) is 5.65. The fourth-order valence-corrected chi connectivity index (χ4v) is 2.51.